The van der Waals surface area contributed by atoms with E-state index in [1.807, 2.05) is 0 Å². The summed E-state index contributed by atoms with van der Waals surface area (Å²) in [6.07, 6.45) is 3.92. The van der Waals surface area contributed by atoms with Gasteiger partial charge in [-0.3, -0.25) is 0 Å². The first-order valence-corrected chi connectivity index (χ1v) is 5.30. The lowest BCUT2D eigenvalue weighted by Gasteiger charge is -2.09. The first-order chi connectivity index (χ1) is 6.77. The number of aldehydes is 1. The third-order valence-corrected chi connectivity index (χ3v) is 2.51. The lowest BCUT2D eigenvalue weighted by atomic mass is 9.96. The van der Waals surface area contributed by atoms with Crippen LogP contribution in [-0.2, 0) is 11.2 Å². The van der Waals surface area contributed by atoms with Crippen molar-refractivity contribution in [1.29, 1.82) is 0 Å². The van der Waals surface area contributed by atoms with E-state index < -0.39 is 0 Å². The zero-order valence-electron chi connectivity index (χ0n) is 8.99. The van der Waals surface area contributed by atoms with E-state index in [0.29, 0.717) is 12.3 Å². The molecule has 0 aliphatic carbocycles. The average molecular weight is 190 g/mol. The van der Waals surface area contributed by atoms with Crippen LogP contribution in [0.3, 0.4) is 0 Å². The molecule has 0 saturated heterocycles. The van der Waals surface area contributed by atoms with Crippen molar-refractivity contribution in [1.82, 2.24) is 0 Å². The van der Waals surface area contributed by atoms with Gasteiger partial charge in [0, 0.05) is 6.42 Å². The molecule has 1 aromatic carbocycles. The Kier molecular flexibility index (Phi) is 4.37. The van der Waals surface area contributed by atoms with Crippen LogP contribution in [0.2, 0.25) is 0 Å². The zero-order valence-corrected chi connectivity index (χ0v) is 8.99. The highest BCUT2D eigenvalue weighted by Crippen LogP contribution is 2.19. The van der Waals surface area contributed by atoms with Crippen molar-refractivity contribution >= 4 is 6.29 Å². The van der Waals surface area contributed by atoms with Gasteiger partial charge in [-0.15, -0.1) is 0 Å². The van der Waals surface area contributed by atoms with Gasteiger partial charge in [0.25, 0.3) is 0 Å². The number of carbonyl (C=O) groups excluding carboxylic acids is 1. The molecule has 0 amide bonds. The molecule has 1 nitrogen and oxygen atoms in total. The van der Waals surface area contributed by atoms with E-state index in [4.69, 9.17) is 0 Å². The second-order valence-corrected chi connectivity index (χ2v) is 3.80. The van der Waals surface area contributed by atoms with Crippen molar-refractivity contribution in [2.75, 3.05) is 0 Å². The summed E-state index contributed by atoms with van der Waals surface area (Å²) < 4.78 is 0. The van der Waals surface area contributed by atoms with Gasteiger partial charge in [0.2, 0.25) is 0 Å². The predicted molar refractivity (Wildman–Crippen MR) is 59.5 cm³/mol. The van der Waals surface area contributed by atoms with Crippen LogP contribution in [0.1, 0.15) is 43.7 Å². The van der Waals surface area contributed by atoms with E-state index >= 15 is 0 Å². The molecule has 1 atom stereocenters. The molecular weight excluding hydrogens is 172 g/mol. The third kappa shape index (κ3) is 2.99. The number of carbonyl (C=O) groups is 1. The highest BCUT2D eigenvalue weighted by molar-refractivity contribution is 5.51. The van der Waals surface area contributed by atoms with Crippen LogP contribution in [0.25, 0.3) is 0 Å². The average Bonchev–Trinajstić information content (AvgIpc) is 2.19. The van der Waals surface area contributed by atoms with Crippen molar-refractivity contribution in [2.45, 2.75) is 39.0 Å². The maximum absolute atomic E-state index is 10.4. The molecular formula is C13H18O. The number of rotatable bonds is 5. The normalized spacial score (nSPS) is 12.4. The molecule has 0 saturated carbocycles. The SMILES string of the molecule is CCCc1cccc(C(C)CC=O)c1. The van der Waals surface area contributed by atoms with Crippen LogP contribution in [0, 0.1) is 0 Å². The fraction of sp³-hybridized carbons (Fsp3) is 0.462. The zero-order chi connectivity index (χ0) is 10.4. The summed E-state index contributed by atoms with van der Waals surface area (Å²) in [5, 5.41) is 0. The lowest BCUT2D eigenvalue weighted by Crippen LogP contribution is -1.95. The molecule has 1 unspecified atom stereocenters. The second-order valence-electron chi connectivity index (χ2n) is 3.80. The van der Waals surface area contributed by atoms with Crippen molar-refractivity contribution in [3.8, 4) is 0 Å². The Morgan fingerprint density at radius 1 is 1.43 bits per heavy atom. The van der Waals surface area contributed by atoms with Gasteiger partial charge in [0.15, 0.2) is 0 Å². The summed E-state index contributed by atoms with van der Waals surface area (Å²) in [7, 11) is 0. The molecule has 0 spiro atoms. The highest BCUT2D eigenvalue weighted by atomic mass is 16.1. The Balaban J connectivity index is 2.76. The van der Waals surface area contributed by atoms with Gasteiger partial charge in [-0.05, 0) is 23.5 Å². The molecule has 0 aliphatic heterocycles. The Morgan fingerprint density at radius 3 is 2.86 bits per heavy atom. The first kappa shape index (κ1) is 11.0. The smallest absolute Gasteiger partial charge is 0.120 e. The summed E-state index contributed by atoms with van der Waals surface area (Å²) in [6.45, 7) is 4.28. The fourth-order valence-corrected chi connectivity index (χ4v) is 1.62. The van der Waals surface area contributed by atoms with Crippen LogP contribution in [0.15, 0.2) is 24.3 Å². The first-order valence-electron chi connectivity index (χ1n) is 5.30. The number of hydrogen-bond donors (Lipinski definition) is 0. The highest BCUT2D eigenvalue weighted by Gasteiger charge is 2.04. The molecule has 0 radical (unpaired) electrons. The Hall–Kier alpha value is -1.11. The second kappa shape index (κ2) is 5.58. The van der Waals surface area contributed by atoms with Crippen molar-refractivity contribution < 1.29 is 4.79 Å². The summed E-state index contributed by atoms with van der Waals surface area (Å²) >= 11 is 0. The van der Waals surface area contributed by atoms with E-state index in [0.717, 1.165) is 12.7 Å². The van der Waals surface area contributed by atoms with E-state index in [1.165, 1.54) is 17.5 Å². The molecule has 0 fully saturated rings. The predicted octanol–water partition coefficient (Wildman–Crippen LogP) is 3.33. The van der Waals surface area contributed by atoms with Gasteiger partial charge in [0.1, 0.15) is 6.29 Å². The molecule has 0 aliphatic rings. The van der Waals surface area contributed by atoms with E-state index in [-0.39, 0.29) is 0 Å². The van der Waals surface area contributed by atoms with Crippen LogP contribution in [0.5, 0.6) is 0 Å². The van der Waals surface area contributed by atoms with E-state index in [9.17, 15) is 4.79 Å². The van der Waals surface area contributed by atoms with Gasteiger partial charge in [-0.2, -0.15) is 0 Å². The van der Waals surface area contributed by atoms with Gasteiger partial charge >= 0.3 is 0 Å². The molecule has 1 heteroatoms. The number of hydrogen-bond acceptors (Lipinski definition) is 1. The summed E-state index contributed by atoms with van der Waals surface area (Å²) in [5.41, 5.74) is 2.66. The molecule has 0 aromatic heterocycles. The van der Waals surface area contributed by atoms with Crippen molar-refractivity contribution in [2.24, 2.45) is 0 Å². The van der Waals surface area contributed by atoms with Gasteiger partial charge in [-0.1, -0.05) is 44.5 Å². The molecule has 1 rings (SSSR count). The van der Waals surface area contributed by atoms with Crippen molar-refractivity contribution in [3.63, 3.8) is 0 Å². The maximum Gasteiger partial charge on any atom is 0.120 e. The van der Waals surface area contributed by atoms with Crippen molar-refractivity contribution in [3.05, 3.63) is 35.4 Å². The Bertz CT molecular complexity index is 291. The topological polar surface area (TPSA) is 17.1 Å². The summed E-state index contributed by atoms with van der Waals surface area (Å²) in [4.78, 5) is 10.4. The quantitative estimate of drug-likeness (QED) is 0.651. The minimum absolute atomic E-state index is 0.351. The van der Waals surface area contributed by atoms with E-state index in [2.05, 4.69) is 38.1 Å². The molecule has 14 heavy (non-hydrogen) atoms. The molecule has 0 bridgehead atoms. The minimum atomic E-state index is 0.351. The monoisotopic (exact) mass is 190 g/mol. The van der Waals surface area contributed by atoms with Gasteiger partial charge in [-0.25, -0.2) is 0 Å². The summed E-state index contributed by atoms with van der Waals surface area (Å²) in [5.74, 6) is 0.351. The molecule has 76 valence electrons. The Labute approximate surface area is 86.1 Å². The van der Waals surface area contributed by atoms with Crippen LogP contribution in [0.4, 0.5) is 0 Å². The molecule has 0 heterocycles. The fourth-order valence-electron chi connectivity index (χ4n) is 1.62. The number of aryl methyl sites for hydroxylation is 1. The van der Waals surface area contributed by atoms with Crippen LogP contribution < -0.4 is 0 Å². The van der Waals surface area contributed by atoms with Crippen LogP contribution in [-0.4, -0.2) is 6.29 Å². The summed E-state index contributed by atoms with van der Waals surface area (Å²) in [6, 6.07) is 8.56. The third-order valence-electron chi connectivity index (χ3n) is 2.51. The standard InChI is InChI=1S/C13H18O/c1-3-5-12-6-4-7-13(10-12)11(2)8-9-14/h4,6-7,9-11H,3,5,8H2,1-2H3. The molecule has 0 N–H and O–H groups in total. The van der Waals surface area contributed by atoms with Crippen LogP contribution >= 0.6 is 0 Å². The molecule has 1 aromatic rings. The van der Waals surface area contributed by atoms with Gasteiger partial charge in [0.05, 0.1) is 0 Å². The lowest BCUT2D eigenvalue weighted by molar-refractivity contribution is -0.108. The number of benzene rings is 1. The minimum Gasteiger partial charge on any atom is -0.303 e. The Morgan fingerprint density at radius 2 is 2.21 bits per heavy atom. The maximum atomic E-state index is 10.4. The largest absolute Gasteiger partial charge is 0.303 e. The van der Waals surface area contributed by atoms with E-state index in [1.54, 1.807) is 0 Å². The van der Waals surface area contributed by atoms with Gasteiger partial charge < -0.3 is 4.79 Å².